The fraction of sp³-hybridized carbons (Fsp3) is 0. The quantitative estimate of drug-likeness (QED) is 0.777. The summed E-state index contributed by atoms with van der Waals surface area (Å²) in [5.74, 6) is -0.180. The van der Waals surface area contributed by atoms with Crippen molar-refractivity contribution >= 4 is 49.2 Å². The monoisotopic (exact) mass is 333 g/mol. The molecule has 3 rings (SSSR count). The van der Waals surface area contributed by atoms with Gasteiger partial charge in [-0.3, -0.25) is 15.1 Å². The Morgan fingerprint density at radius 3 is 2.84 bits per heavy atom. The van der Waals surface area contributed by atoms with Crippen LogP contribution in [0.15, 0.2) is 46.5 Å². The van der Waals surface area contributed by atoms with E-state index in [2.05, 4.69) is 31.2 Å². The molecule has 0 aliphatic carbocycles. The number of aromatic nitrogens is 2. The van der Waals surface area contributed by atoms with Crippen LogP contribution in [0.1, 0.15) is 10.4 Å². The second kappa shape index (κ2) is 5.07. The van der Waals surface area contributed by atoms with E-state index in [1.807, 2.05) is 24.3 Å². The molecule has 6 heteroatoms. The van der Waals surface area contributed by atoms with Crippen LogP contribution in [0.5, 0.6) is 0 Å². The van der Waals surface area contributed by atoms with E-state index < -0.39 is 0 Å². The number of amides is 1. The number of halogens is 1. The molecule has 2 heterocycles. The lowest BCUT2D eigenvalue weighted by Gasteiger charge is -2.05. The Labute approximate surface area is 121 Å². The number of nitrogens with zero attached hydrogens (tertiary/aromatic N) is 2. The first kappa shape index (κ1) is 12.3. The number of rotatable bonds is 2. The van der Waals surface area contributed by atoms with Crippen molar-refractivity contribution in [1.29, 1.82) is 0 Å². The lowest BCUT2D eigenvalue weighted by molar-refractivity contribution is 0.102. The number of carbonyl (C=O) groups excluding carboxylic acids is 1. The summed E-state index contributed by atoms with van der Waals surface area (Å²) in [4.78, 5) is 20.6. The Morgan fingerprint density at radius 1 is 1.21 bits per heavy atom. The molecule has 0 saturated carbocycles. The van der Waals surface area contributed by atoms with Gasteiger partial charge in [0, 0.05) is 11.6 Å². The smallest absolute Gasteiger partial charge is 0.258 e. The summed E-state index contributed by atoms with van der Waals surface area (Å²) in [7, 11) is 0. The maximum Gasteiger partial charge on any atom is 0.258 e. The molecule has 0 unspecified atom stereocenters. The fourth-order valence-corrected chi connectivity index (χ4v) is 2.87. The van der Waals surface area contributed by atoms with Crippen molar-refractivity contribution in [1.82, 2.24) is 9.97 Å². The standard InChI is InChI=1S/C13H8BrN3OS/c14-11-7-16-13(19-11)17-12(18)9-5-6-15-10-4-2-1-3-8(9)10/h1-7H,(H,16,17,18). The Morgan fingerprint density at radius 2 is 2.05 bits per heavy atom. The molecule has 0 bridgehead atoms. The molecule has 0 aliphatic rings. The number of fused-ring (bicyclic) bond motifs is 1. The predicted molar refractivity (Wildman–Crippen MR) is 79.5 cm³/mol. The first-order valence-corrected chi connectivity index (χ1v) is 7.11. The molecular weight excluding hydrogens is 326 g/mol. The number of para-hydroxylation sites is 1. The van der Waals surface area contributed by atoms with Crippen LogP contribution in [0.2, 0.25) is 0 Å². The van der Waals surface area contributed by atoms with Gasteiger partial charge in [0.25, 0.3) is 5.91 Å². The van der Waals surface area contributed by atoms with Crippen LogP contribution in [-0.2, 0) is 0 Å². The van der Waals surface area contributed by atoms with Gasteiger partial charge in [-0.1, -0.05) is 29.5 Å². The van der Waals surface area contributed by atoms with Crippen LogP contribution >= 0.6 is 27.3 Å². The SMILES string of the molecule is O=C(Nc1ncc(Br)s1)c1ccnc2ccccc12. The van der Waals surface area contributed by atoms with Crippen molar-refractivity contribution in [3.05, 3.63) is 52.1 Å². The maximum absolute atomic E-state index is 12.2. The van der Waals surface area contributed by atoms with Gasteiger partial charge in [0.05, 0.1) is 21.1 Å². The Kier molecular flexibility index (Phi) is 3.27. The Hall–Kier alpha value is -1.79. The van der Waals surface area contributed by atoms with Gasteiger partial charge in [0.15, 0.2) is 5.13 Å². The lowest BCUT2D eigenvalue weighted by atomic mass is 10.1. The number of nitrogens with one attached hydrogen (secondary N) is 1. The van der Waals surface area contributed by atoms with Crippen molar-refractivity contribution in [2.75, 3.05) is 5.32 Å². The summed E-state index contributed by atoms with van der Waals surface area (Å²) in [5.41, 5.74) is 1.40. The van der Waals surface area contributed by atoms with Gasteiger partial charge in [-0.25, -0.2) is 4.98 Å². The van der Waals surface area contributed by atoms with Crippen LogP contribution in [0.4, 0.5) is 5.13 Å². The van der Waals surface area contributed by atoms with Gasteiger partial charge in [0.2, 0.25) is 0 Å². The summed E-state index contributed by atoms with van der Waals surface area (Å²) in [6.07, 6.45) is 3.29. The molecule has 0 fully saturated rings. The van der Waals surface area contributed by atoms with Crippen LogP contribution in [0.3, 0.4) is 0 Å². The highest BCUT2D eigenvalue weighted by molar-refractivity contribution is 9.11. The minimum Gasteiger partial charge on any atom is -0.298 e. The summed E-state index contributed by atoms with van der Waals surface area (Å²) >= 11 is 4.69. The number of hydrogen-bond acceptors (Lipinski definition) is 4. The van der Waals surface area contributed by atoms with Gasteiger partial charge in [-0.2, -0.15) is 0 Å². The van der Waals surface area contributed by atoms with E-state index in [1.165, 1.54) is 11.3 Å². The summed E-state index contributed by atoms with van der Waals surface area (Å²) in [6, 6.07) is 9.26. The zero-order valence-corrected chi connectivity index (χ0v) is 12.0. The first-order valence-electron chi connectivity index (χ1n) is 5.50. The average molecular weight is 334 g/mol. The van der Waals surface area contributed by atoms with E-state index in [1.54, 1.807) is 18.5 Å². The molecule has 1 amide bonds. The van der Waals surface area contributed by atoms with Gasteiger partial charge in [0.1, 0.15) is 0 Å². The van der Waals surface area contributed by atoms with Crippen molar-refractivity contribution < 1.29 is 4.79 Å². The van der Waals surface area contributed by atoms with Crippen molar-refractivity contribution in [2.45, 2.75) is 0 Å². The number of pyridine rings is 1. The molecular formula is C13H8BrN3OS. The molecule has 0 radical (unpaired) electrons. The minimum absolute atomic E-state index is 0.180. The number of anilines is 1. The molecule has 2 aromatic heterocycles. The molecule has 94 valence electrons. The summed E-state index contributed by atoms with van der Waals surface area (Å²) in [5, 5.41) is 4.18. The highest BCUT2D eigenvalue weighted by Crippen LogP contribution is 2.24. The van der Waals surface area contributed by atoms with E-state index in [-0.39, 0.29) is 5.91 Å². The number of thiazole rings is 1. The van der Waals surface area contributed by atoms with E-state index in [0.717, 1.165) is 14.7 Å². The maximum atomic E-state index is 12.2. The number of hydrogen-bond donors (Lipinski definition) is 1. The third-order valence-corrected chi connectivity index (χ3v) is 3.98. The normalized spacial score (nSPS) is 10.6. The zero-order chi connectivity index (χ0) is 13.2. The van der Waals surface area contributed by atoms with E-state index in [4.69, 9.17) is 0 Å². The topological polar surface area (TPSA) is 54.9 Å². The molecule has 0 atom stereocenters. The van der Waals surface area contributed by atoms with E-state index in [0.29, 0.717) is 10.7 Å². The van der Waals surface area contributed by atoms with Crippen LogP contribution in [-0.4, -0.2) is 15.9 Å². The highest BCUT2D eigenvalue weighted by Gasteiger charge is 2.12. The molecule has 19 heavy (non-hydrogen) atoms. The molecule has 4 nitrogen and oxygen atoms in total. The van der Waals surface area contributed by atoms with Crippen molar-refractivity contribution in [2.24, 2.45) is 0 Å². The van der Waals surface area contributed by atoms with Gasteiger partial charge in [-0.15, -0.1) is 0 Å². The zero-order valence-electron chi connectivity index (χ0n) is 9.63. The van der Waals surface area contributed by atoms with E-state index in [9.17, 15) is 4.79 Å². The fourth-order valence-electron chi connectivity index (χ4n) is 1.77. The molecule has 0 aliphatic heterocycles. The summed E-state index contributed by atoms with van der Waals surface area (Å²) < 4.78 is 0.877. The number of benzene rings is 1. The molecule has 0 saturated heterocycles. The van der Waals surface area contributed by atoms with Crippen LogP contribution in [0, 0.1) is 0 Å². The molecule has 1 N–H and O–H groups in total. The predicted octanol–water partition coefficient (Wildman–Crippen LogP) is 3.71. The lowest BCUT2D eigenvalue weighted by Crippen LogP contribution is -2.12. The third kappa shape index (κ3) is 2.50. The third-order valence-electron chi connectivity index (χ3n) is 2.59. The molecule has 1 aromatic carbocycles. The second-order valence-electron chi connectivity index (χ2n) is 3.80. The van der Waals surface area contributed by atoms with Gasteiger partial charge >= 0.3 is 0 Å². The van der Waals surface area contributed by atoms with Crippen LogP contribution < -0.4 is 5.32 Å². The Balaban J connectivity index is 1.97. The summed E-state index contributed by atoms with van der Waals surface area (Å²) in [6.45, 7) is 0. The minimum atomic E-state index is -0.180. The number of carbonyl (C=O) groups is 1. The van der Waals surface area contributed by atoms with E-state index >= 15 is 0 Å². The van der Waals surface area contributed by atoms with Crippen molar-refractivity contribution in [3.8, 4) is 0 Å². The molecule has 0 spiro atoms. The largest absolute Gasteiger partial charge is 0.298 e. The Bertz CT molecular complexity index is 751. The van der Waals surface area contributed by atoms with Gasteiger partial charge in [-0.05, 0) is 28.1 Å². The first-order chi connectivity index (χ1) is 9.24. The second-order valence-corrected chi connectivity index (χ2v) is 6.21. The molecule has 3 aromatic rings. The highest BCUT2D eigenvalue weighted by atomic mass is 79.9. The van der Waals surface area contributed by atoms with Gasteiger partial charge < -0.3 is 0 Å². The average Bonchev–Trinajstić information content (AvgIpc) is 2.83. The van der Waals surface area contributed by atoms with Crippen LogP contribution in [0.25, 0.3) is 10.9 Å². The van der Waals surface area contributed by atoms with Crippen molar-refractivity contribution in [3.63, 3.8) is 0 Å².